The van der Waals surface area contributed by atoms with Crippen molar-refractivity contribution < 1.29 is 21.6 Å². The molecule has 1 aliphatic rings. The molecule has 0 aromatic rings. The van der Waals surface area contributed by atoms with E-state index in [-0.39, 0.29) is 18.7 Å². The van der Waals surface area contributed by atoms with Crippen LogP contribution in [0.1, 0.15) is 25.7 Å². The van der Waals surface area contributed by atoms with E-state index in [9.17, 15) is 21.6 Å². The zero-order chi connectivity index (χ0) is 14.7. The highest BCUT2D eigenvalue weighted by atomic mass is 32.2. The molecule has 1 saturated carbocycles. The molecule has 19 heavy (non-hydrogen) atoms. The SMILES string of the molecule is CN(C)S(=O)(=O)CCNC1CCCCC1C(F)(F)F. The number of nitrogens with zero attached hydrogens (tertiary/aromatic N) is 1. The summed E-state index contributed by atoms with van der Waals surface area (Å²) < 4.78 is 62.6. The highest BCUT2D eigenvalue weighted by molar-refractivity contribution is 7.89. The van der Waals surface area contributed by atoms with Crippen LogP contribution < -0.4 is 5.32 Å². The number of hydrogen-bond donors (Lipinski definition) is 1. The smallest absolute Gasteiger partial charge is 0.312 e. The average molecular weight is 302 g/mol. The second-order valence-corrected chi connectivity index (χ2v) is 7.39. The molecule has 0 spiro atoms. The molecular weight excluding hydrogens is 281 g/mol. The Morgan fingerprint density at radius 1 is 1.21 bits per heavy atom. The second-order valence-electron chi connectivity index (χ2n) is 5.09. The van der Waals surface area contributed by atoms with E-state index in [1.54, 1.807) is 0 Å². The Kier molecular flexibility index (Phi) is 5.64. The Morgan fingerprint density at radius 3 is 2.32 bits per heavy atom. The van der Waals surface area contributed by atoms with Crippen molar-refractivity contribution in [2.24, 2.45) is 5.92 Å². The van der Waals surface area contributed by atoms with E-state index in [1.165, 1.54) is 14.1 Å². The number of sulfonamides is 1. The topological polar surface area (TPSA) is 49.4 Å². The molecular formula is C11H21F3N2O2S. The first kappa shape index (κ1) is 16.7. The molecule has 4 nitrogen and oxygen atoms in total. The monoisotopic (exact) mass is 302 g/mol. The number of nitrogens with one attached hydrogen (secondary N) is 1. The van der Waals surface area contributed by atoms with E-state index >= 15 is 0 Å². The molecule has 0 radical (unpaired) electrons. The Hall–Kier alpha value is -0.340. The number of hydrogen-bond acceptors (Lipinski definition) is 3. The summed E-state index contributed by atoms with van der Waals surface area (Å²) in [6.07, 6.45) is -2.30. The van der Waals surface area contributed by atoms with Crippen molar-refractivity contribution in [3.05, 3.63) is 0 Å². The number of rotatable bonds is 5. The summed E-state index contributed by atoms with van der Waals surface area (Å²) in [6.45, 7) is 0.0533. The quantitative estimate of drug-likeness (QED) is 0.839. The van der Waals surface area contributed by atoms with E-state index in [0.29, 0.717) is 12.8 Å². The Bertz CT molecular complexity index is 382. The van der Waals surface area contributed by atoms with Gasteiger partial charge in [0.15, 0.2) is 0 Å². The lowest BCUT2D eigenvalue weighted by Gasteiger charge is -2.33. The van der Waals surface area contributed by atoms with Gasteiger partial charge in [-0.1, -0.05) is 12.8 Å². The lowest BCUT2D eigenvalue weighted by atomic mass is 9.84. The summed E-state index contributed by atoms with van der Waals surface area (Å²) >= 11 is 0. The van der Waals surface area contributed by atoms with Crippen LogP contribution in [-0.2, 0) is 10.0 Å². The van der Waals surface area contributed by atoms with Crippen LogP contribution in [0.2, 0.25) is 0 Å². The van der Waals surface area contributed by atoms with Gasteiger partial charge in [-0.25, -0.2) is 12.7 Å². The van der Waals surface area contributed by atoms with Crippen LogP contribution in [0, 0.1) is 5.92 Å². The molecule has 0 amide bonds. The first-order chi connectivity index (χ1) is 8.64. The molecule has 1 aliphatic carbocycles. The molecule has 2 atom stereocenters. The van der Waals surface area contributed by atoms with Crippen LogP contribution in [0.25, 0.3) is 0 Å². The normalized spacial score (nSPS) is 25.8. The fourth-order valence-electron chi connectivity index (χ4n) is 2.32. The van der Waals surface area contributed by atoms with E-state index in [2.05, 4.69) is 5.32 Å². The standard InChI is InChI=1S/C11H21F3N2O2S/c1-16(2)19(17,18)8-7-15-10-6-4-3-5-9(10)11(12,13)14/h9-10,15H,3-8H2,1-2H3. The molecule has 114 valence electrons. The largest absolute Gasteiger partial charge is 0.393 e. The summed E-state index contributed by atoms with van der Waals surface area (Å²) in [5, 5.41) is 2.76. The van der Waals surface area contributed by atoms with Crippen molar-refractivity contribution in [3.8, 4) is 0 Å². The summed E-state index contributed by atoms with van der Waals surface area (Å²) in [4.78, 5) is 0. The van der Waals surface area contributed by atoms with Crippen molar-refractivity contribution in [1.82, 2.24) is 9.62 Å². The van der Waals surface area contributed by atoms with E-state index in [4.69, 9.17) is 0 Å². The predicted octanol–water partition coefficient (Wildman–Crippen LogP) is 1.59. The van der Waals surface area contributed by atoms with Gasteiger partial charge in [-0.15, -0.1) is 0 Å². The lowest BCUT2D eigenvalue weighted by molar-refractivity contribution is -0.188. The maximum atomic E-state index is 12.8. The average Bonchev–Trinajstić information content (AvgIpc) is 2.27. The Labute approximate surface area is 112 Å². The molecule has 2 unspecified atom stereocenters. The fourth-order valence-corrected chi connectivity index (χ4v) is 3.06. The van der Waals surface area contributed by atoms with Crippen LogP contribution in [0.5, 0.6) is 0 Å². The van der Waals surface area contributed by atoms with Gasteiger partial charge in [0.2, 0.25) is 10.0 Å². The van der Waals surface area contributed by atoms with Crippen molar-refractivity contribution in [2.75, 3.05) is 26.4 Å². The first-order valence-corrected chi connectivity index (χ1v) is 7.96. The van der Waals surface area contributed by atoms with E-state index in [1.807, 2.05) is 0 Å². The third-order valence-electron chi connectivity index (χ3n) is 3.51. The molecule has 1 fully saturated rings. The molecule has 0 bridgehead atoms. The van der Waals surface area contributed by atoms with Crippen molar-refractivity contribution in [1.29, 1.82) is 0 Å². The molecule has 0 saturated heterocycles. The molecule has 0 aromatic heterocycles. The van der Waals surface area contributed by atoms with Crippen LogP contribution in [0.3, 0.4) is 0 Å². The Balaban J connectivity index is 2.51. The molecule has 0 aliphatic heterocycles. The summed E-state index contributed by atoms with van der Waals surface area (Å²) in [5.41, 5.74) is 0. The van der Waals surface area contributed by atoms with Crippen LogP contribution in [0.15, 0.2) is 0 Å². The third kappa shape index (κ3) is 4.92. The van der Waals surface area contributed by atoms with Crippen LogP contribution in [-0.4, -0.2) is 51.3 Å². The second kappa shape index (κ2) is 6.41. The number of alkyl halides is 3. The van der Waals surface area contributed by atoms with Crippen LogP contribution in [0.4, 0.5) is 13.2 Å². The van der Waals surface area contributed by atoms with Gasteiger partial charge >= 0.3 is 6.18 Å². The highest BCUT2D eigenvalue weighted by Crippen LogP contribution is 2.37. The zero-order valence-corrected chi connectivity index (χ0v) is 12.0. The molecule has 8 heteroatoms. The fraction of sp³-hybridized carbons (Fsp3) is 1.00. The van der Waals surface area contributed by atoms with E-state index in [0.717, 1.165) is 10.7 Å². The minimum absolute atomic E-state index is 0.0533. The molecule has 0 aromatic carbocycles. The number of halogens is 3. The van der Waals surface area contributed by atoms with Crippen molar-refractivity contribution in [2.45, 2.75) is 37.9 Å². The van der Waals surface area contributed by atoms with Gasteiger partial charge in [0.05, 0.1) is 11.7 Å². The molecule has 1 N–H and O–H groups in total. The van der Waals surface area contributed by atoms with Gasteiger partial charge in [0.1, 0.15) is 0 Å². The van der Waals surface area contributed by atoms with Gasteiger partial charge in [-0.2, -0.15) is 13.2 Å². The minimum atomic E-state index is -4.21. The maximum Gasteiger partial charge on any atom is 0.393 e. The minimum Gasteiger partial charge on any atom is -0.312 e. The summed E-state index contributed by atoms with van der Waals surface area (Å²) in [7, 11) is -0.540. The first-order valence-electron chi connectivity index (χ1n) is 6.35. The van der Waals surface area contributed by atoms with Gasteiger partial charge in [0.25, 0.3) is 0 Å². The summed E-state index contributed by atoms with van der Waals surface area (Å²) in [5.74, 6) is -1.54. The van der Waals surface area contributed by atoms with Gasteiger partial charge in [-0.05, 0) is 12.8 Å². The lowest BCUT2D eigenvalue weighted by Crippen LogP contribution is -2.47. The van der Waals surface area contributed by atoms with Gasteiger partial charge in [-0.3, -0.25) is 0 Å². The Morgan fingerprint density at radius 2 is 1.79 bits per heavy atom. The summed E-state index contributed by atoms with van der Waals surface area (Å²) in [6, 6.07) is -0.661. The van der Waals surface area contributed by atoms with Crippen LogP contribution >= 0.6 is 0 Å². The van der Waals surface area contributed by atoms with E-state index < -0.39 is 28.2 Å². The molecule has 1 rings (SSSR count). The van der Waals surface area contributed by atoms with Crippen molar-refractivity contribution >= 4 is 10.0 Å². The predicted molar refractivity (Wildman–Crippen MR) is 67.3 cm³/mol. The van der Waals surface area contributed by atoms with Gasteiger partial charge < -0.3 is 5.32 Å². The van der Waals surface area contributed by atoms with Gasteiger partial charge in [0, 0.05) is 26.7 Å². The third-order valence-corrected chi connectivity index (χ3v) is 5.34. The van der Waals surface area contributed by atoms with Crippen molar-refractivity contribution in [3.63, 3.8) is 0 Å². The molecule has 0 heterocycles. The highest BCUT2D eigenvalue weighted by Gasteiger charge is 2.45. The maximum absolute atomic E-state index is 12.8. The zero-order valence-electron chi connectivity index (χ0n) is 11.2.